The molecule has 2 aromatic heterocycles. The number of hydrogen-bond donors (Lipinski definition) is 4. The van der Waals surface area contributed by atoms with Crippen LogP contribution in [0.25, 0.3) is 10.9 Å². The number of carbonyl (C=O) groups excluding carboxylic acids is 1. The number of carbonyl (C=O) groups is 1. The molecule has 36 heavy (non-hydrogen) atoms. The topological polar surface area (TPSA) is 120 Å². The molecule has 2 heterocycles. The van der Waals surface area contributed by atoms with Gasteiger partial charge in [0.15, 0.2) is 11.6 Å². The van der Waals surface area contributed by atoms with Crippen LogP contribution < -0.4 is 22.1 Å². The van der Waals surface area contributed by atoms with Crippen molar-refractivity contribution in [3.63, 3.8) is 0 Å². The van der Waals surface area contributed by atoms with Gasteiger partial charge in [0.05, 0.1) is 23.3 Å². The highest BCUT2D eigenvalue weighted by Gasteiger charge is 2.32. The number of nitrogens with two attached hydrogens (primary N) is 2. The van der Waals surface area contributed by atoms with Crippen molar-refractivity contribution >= 4 is 34.1 Å². The van der Waals surface area contributed by atoms with E-state index in [1.54, 1.807) is 16.8 Å². The molecule has 0 bridgehead atoms. The summed E-state index contributed by atoms with van der Waals surface area (Å²) in [5.74, 6) is -2.12. The number of nitrogens with zero attached hydrogens (tertiary/aromatic N) is 2. The van der Waals surface area contributed by atoms with Crippen LogP contribution in [0.1, 0.15) is 41.6 Å². The smallest absolute Gasteiger partial charge is 0.383 e. The average molecular weight is 509 g/mol. The SMILES string of the molecule is COCCn1ccc2c(Nc3nc(N[C@@H]4CCCC[C@@H]4N)c(F)cc3C(N)=O)cc(C(F)(F)F)cc21. The van der Waals surface area contributed by atoms with Gasteiger partial charge in [-0.15, -0.1) is 0 Å². The molecule has 1 aliphatic rings. The number of fused-ring (bicyclic) bond motifs is 1. The number of halogens is 4. The lowest BCUT2D eigenvalue weighted by atomic mass is 9.91. The predicted octanol–water partition coefficient (Wildman–Crippen LogP) is 4.36. The second kappa shape index (κ2) is 10.3. The Labute approximate surface area is 205 Å². The zero-order valence-electron chi connectivity index (χ0n) is 19.7. The first-order valence-corrected chi connectivity index (χ1v) is 11.6. The number of primary amides is 1. The van der Waals surface area contributed by atoms with Gasteiger partial charge in [0, 0.05) is 43.0 Å². The summed E-state index contributed by atoms with van der Waals surface area (Å²) in [6, 6.07) is 4.08. The van der Waals surface area contributed by atoms with Gasteiger partial charge in [0.1, 0.15) is 5.82 Å². The van der Waals surface area contributed by atoms with Crippen molar-refractivity contribution in [2.24, 2.45) is 11.5 Å². The molecule has 1 aliphatic carbocycles. The molecule has 4 rings (SSSR count). The Balaban J connectivity index is 1.78. The number of amides is 1. The molecular formula is C24H28F4N6O2. The van der Waals surface area contributed by atoms with E-state index in [1.165, 1.54) is 7.11 Å². The molecule has 0 saturated heterocycles. The summed E-state index contributed by atoms with van der Waals surface area (Å²) in [6.07, 6.45) is 0.378. The molecule has 0 aliphatic heterocycles. The number of rotatable bonds is 8. The lowest BCUT2D eigenvalue weighted by Gasteiger charge is -2.30. The summed E-state index contributed by atoms with van der Waals surface area (Å²) in [6.45, 7) is 0.629. The van der Waals surface area contributed by atoms with E-state index in [4.69, 9.17) is 16.2 Å². The Morgan fingerprint density at radius 2 is 1.97 bits per heavy atom. The molecule has 12 heteroatoms. The van der Waals surface area contributed by atoms with Gasteiger partial charge in [-0.3, -0.25) is 4.79 Å². The largest absolute Gasteiger partial charge is 0.416 e. The summed E-state index contributed by atoms with van der Waals surface area (Å²) in [5.41, 5.74) is 10.7. The third-order valence-electron chi connectivity index (χ3n) is 6.39. The molecule has 1 saturated carbocycles. The van der Waals surface area contributed by atoms with Crippen LogP contribution >= 0.6 is 0 Å². The summed E-state index contributed by atoms with van der Waals surface area (Å²) < 4.78 is 62.7. The lowest BCUT2D eigenvalue weighted by molar-refractivity contribution is -0.137. The first kappa shape index (κ1) is 25.7. The van der Waals surface area contributed by atoms with Gasteiger partial charge >= 0.3 is 6.18 Å². The van der Waals surface area contributed by atoms with Crippen LogP contribution in [0.5, 0.6) is 0 Å². The molecule has 3 aromatic rings. The summed E-state index contributed by atoms with van der Waals surface area (Å²) in [7, 11) is 1.50. The van der Waals surface area contributed by atoms with Crippen molar-refractivity contribution in [3.05, 3.63) is 47.4 Å². The maximum absolute atomic E-state index is 14.8. The fourth-order valence-electron chi connectivity index (χ4n) is 4.46. The van der Waals surface area contributed by atoms with Gasteiger partial charge in [-0.05, 0) is 37.1 Å². The van der Waals surface area contributed by atoms with Gasteiger partial charge in [-0.2, -0.15) is 13.2 Å². The molecule has 0 radical (unpaired) electrons. The maximum Gasteiger partial charge on any atom is 0.416 e. The number of pyridine rings is 1. The number of methoxy groups -OCH3 is 1. The Hall–Kier alpha value is -3.38. The van der Waals surface area contributed by atoms with Crippen LogP contribution in [-0.4, -0.2) is 41.3 Å². The van der Waals surface area contributed by atoms with E-state index >= 15 is 0 Å². The van der Waals surface area contributed by atoms with E-state index in [1.807, 2.05) is 0 Å². The number of nitrogens with one attached hydrogen (secondary N) is 2. The van der Waals surface area contributed by atoms with E-state index in [-0.39, 0.29) is 35.0 Å². The summed E-state index contributed by atoms with van der Waals surface area (Å²) >= 11 is 0. The molecule has 6 N–H and O–H groups in total. The van der Waals surface area contributed by atoms with E-state index in [9.17, 15) is 22.4 Å². The third-order valence-corrected chi connectivity index (χ3v) is 6.39. The number of benzene rings is 1. The van der Waals surface area contributed by atoms with Gasteiger partial charge in [0.2, 0.25) is 0 Å². The Bertz CT molecular complexity index is 1260. The second-order valence-corrected chi connectivity index (χ2v) is 8.86. The number of aromatic nitrogens is 2. The van der Waals surface area contributed by atoms with E-state index < -0.39 is 23.5 Å². The van der Waals surface area contributed by atoms with Crippen molar-refractivity contribution in [3.8, 4) is 0 Å². The Kier molecular flexibility index (Phi) is 7.36. The fraction of sp³-hybridized carbons (Fsp3) is 0.417. The van der Waals surface area contributed by atoms with Crippen molar-refractivity contribution in [2.75, 3.05) is 24.4 Å². The van der Waals surface area contributed by atoms with Crippen molar-refractivity contribution < 1.29 is 27.1 Å². The van der Waals surface area contributed by atoms with Crippen LogP contribution in [0.4, 0.5) is 34.9 Å². The zero-order valence-corrected chi connectivity index (χ0v) is 19.7. The van der Waals surface area contributed by atoms with E-state index in [0.717, 1.165) is 37.5 Å². The van der Waals surface area contributed by atoms with Crippen molar-refractivity contribution in [1.29, 1.82) is 0 Å². The van der Waals surface area contributed by atoms with Crippen LogP contribution in [0.15, 0.2) is 30.5 Å². The van der Waals surface area contributed by atoms with Crippen LogP contribution in [-0.2, 0) is 17.5 Å². The minimum absolute atomic E-state index is 0.0397. The first-order chi connectivity index (χ1) is 17.1. The quantitative estimate of drug-likeness (QED) is 0.336. The standard InChI is InChI=1S/C24H28F4N6O2/c1-36-9-8-34-7-6-14-19(10-13(11-20(14)34)24(26,27)28)32-22-15(21(30)35)12-16(25)23(33-22)31-18-5-3-2-4-17(18)29/h6-7,10-12,17-18H,2-5,8-9,29H2,1H3,(H2,30,35)(H2,31,32,33)/t17-,18+/m0/s1. The normalized spacial score (nSPS) is 18.4. The zero-order chi connectivity index (χ0) is 26.0. The summed E-state index contributed by atoms with van der Waals surface area (Å²) in [5, 5.41) is 6.24. The van der Waals surface area contributed by atoms with E-state index in [0.29, 0.717) is 30.5 Å². The van der Waals surface area contributed by atoms with Gasteiger partial charge < -0.3 is 31.4 Å². The molecular weight excluding hydrogens is 480 g/mol. The molecule has 0 spiro atoms. The second-order valence-electron chi connectivity index (χ2n) is 8.86. The maximum atomic E-state index is 14.8. The van der Waals surface area contributed by atoms with Gasteiger partial charge in [-0.25, -0.2) is 9.37 Å². The highest BCUT2D eigenvalue weighted by Crippen LogP contribution is 2.37. The van der Waals surface area contributed by atoms with E-state index in [2.05, 4.69) is 15.6 Å². The van der Waals surface area contributed by atoms with Crippen molar-refractivity contribution in [2.45, 2.75) is 50.5 Å². The molecule has 0 unspecified atom stereocenters. The molecule has 1 aromatic carbocycles. The monoisotopic (exact) mass is 508 g/mol. The van der Waals surface area contributed by atoms with Gasteiger partial charge in [-0.1, -0.05) is 12.8 Å². The third kappa shape index (κ3) is 5.39. The lowest BCUT2D eigenvalue weighted by Crippen LogP contribution is -2.43. The number of hydrogen-bond acceptors (Lipinski definition) is 6. The molecule has 194 valence electrons. The Morgan fingerprint density at radius 3 is 2.64 bits per heavy atom. The number of alkyl halides is 3. The van der Waals surface area contributed by atoms with Crippen LogP contribution in [0.2, 0.25) is 0 Å². The van der Waals surface area contributed by atoms with Crippen molar-refractivity contribution in [1.82, 2.24) is 9.55 Å². The highest BCUT2D eigenvalue weighted by atomic mass is 19.4. The molecule has 8 nitrogen and oxygen atoms in total. The Morgan fingerprint density at radius 1 is 1.22 bits per heavy atom. The summed E-state index contributed by atoms with van der Waals surface area (Å²) in [4.78, 5) is 16.3. The minimum Gasteiger partial charge on any atom is -0.383 e. The number of anilines is 3. The molecule has 1 amide bonds. The first-order valence-electron chi connectivity index (χ1n) is 11.6. The van der Waals surface area contributed by atoms with Gasteiger partial charge in [0.25, 0.3) is 5.91 Å². The average Bonchev–Trinajstić information content (AvgIpc) is 3.23. The number of ether oxygens (including phenoxy) is 1. The minimum atomic E-state index is -4.63. The molecule has 1 fully saturated rings. The van der Waals surface area contributed by atoms with Crippen LogP contribution in [0, 0.1) is 5.82 Å². The molecule has 2 atom stereocenters. The predicted molar refractivity (Wildman–Crippen MR) is 129 cm³/mol. The highest BCUT2D eigenvalue weighted by molar-refractivity contribution is 6.01. The fourth-order valence-corrected chi connectivity index (χ4v) is 4.46. The van der Waals surface area contributed by atoms with Crippen LogP contribution in [0.3, 0.4) is 0 Å².